The molecule has 0 amide bonds. The molecule has 3 aromatic rings. The zero-order chi connectivity index (χ0) is 15.5. The zero-order valence-electron chi connectivity index (χ0n) is 12.6. The summed E-state index contributed by atoms with van der Waals surface area (Å²) in [5.74, 6) is 1.28. The second-order valence-electron chi connectivity index (χ2n) is 5.23. The van der Waals surface area contributed by atoms with Gasteiger partial charge in [0.2, 0.25) is 11.8 Å². The Morgan fingerprint density at radius 3 is 2.55 bits per heavy atom. The molecule has 3 rings (SSSR count). The first-order chi connectivity index (χ1) is 10.7. The van der Waals surface area contributed by atoms with Crippen molar-refractivity contribution in [2.45, 2.75) is 32.9 Å². The van der Waals surface area contributed by atoms with Crippen molar-refractivity contribution < 1.29 is 4.42 Å². The number of halogens is 1. The van der Waals surface area contributed by atoms with Gasteiger partial charge in [-0.05, 0) is 23.9 Å². The van der Waals surface area contributed by atoms with E-state index in [1.165, 1.54) is 5.56 Å². The summed E-state index contributed by atoms with van der Waals surface area (Å²) in [6.45, 7) is 4.66. The third-order valence-corrected chi connectivity index (χ3v) is 4.07. The summed E-state index contributed by atoms with van der Waals surface area (Å²) >= 11 is 6.27. The molecule has 22 heavy (non-hydrogen) atoms. The Balaban J connectivity index is 1.80. The molecule has 0 aliphatic carbocycles. The molecule has 0 aliphatic heterocycles. The Morgan fingerprint density at radius 1 is 1.09 bits per heavy atom. The third kappa shape index (κ3) is 2.98. The van der Waals surface area contributed by atoms with E-state index in [0.29, 0.717) is 18.3 Å². The second kappa shape index (κ2) is 6.46. The lowest BCUT2D eigenvalue weighted by atomic mass is 9.99. The highest BCUT2D eigenvalue weighted by Crippen LogP contribution is 2.29. The number of benzene rings is 2. The van der Waals surface area contributed by atoms with E-state index in [1.807, 2.05) is 31.2 Å². The van der Waals surface area contributed by atoms with Crippen LogP contribution >= 0.6 is 11.6 Å². The lowest BCUT2D eigenvalue weighted by molar-refractivity contribution is 0.422. The first-order valence-electron chi connectivity index (χ1n) is 7.40. The normalized spacial score (nSPS) is 12.7. The van der Waals surface area contributed by atoms with Crippen molar-refractivity contribution in [3.8, 4) is 0 Å². The molecule has 4 nitrogen and oxygen atoms in total. The minimum absolute atomic E-state index is 0.152. The monoisotopic (exact) mass is 315 g/mol. The maximum Gasteiger partial charge on any atom is 0.230 e. The molecule has 0 spiro atoms. The van der Waals surface area contributed by atoms with E-state index < -0.39 is 0 Å². The highest BCUT2D eigenvalue weighted by atomic mass is 35.5. The van der Waals surface area contributed by atoms with Gasteiger partial charge in [0.1, 0.15) is 0 Å². The molecule has 1 heterocycles. The van der Waals surface area contributed by atoms with Crippen LogP contribution in [0.1, 0.15) is 37.2 Å². The largest absolute Gasteiger partial charge is 0.424 e. The topological polar surface area (TPSA) is 51.0 Å². The molecule has 1 aromatic heterocycles. The van der Waals surface area contributed by atoms with Gasteiger partial charge in [-0.3, -0.25) is 0 Å². The van der Waals surface area contributed by atoms with Gasteiger partial charge in [0.05, 0.1) is 6.54 Å². The summed E-state index contributed by atoms with van der Waals surface area (Å²) < 4.78 is 5.52. The lowest BCUT2D eigenvalue weighted by Crippen LogP contribution is -2.18. The van der Waals surface area contributed by atoms with Crippen LogP contribution in [0.15, 0.2) is 40.8 Å². The van der Waals surface area contributed by atoms with Gasteiger partial charge < -0.3 is 9.73 Å². The summed E-state index contributed by atoms with van der Waals surface area (Å²) in [7, 11) is 0. The van der Waals surface area contributed by atoms with Crippen molar-refractivity contribution in [3.63, 3.8) is 0 Å². The summed E-state index contributed by atoms with van der Waals surface area (Å²) in [5, 5.41) is 14.4. The summed E-state index contributed by atoms with van der Waals surface area (Å²) in [5.41, 5.74) is 1.20. The molecule has 0 saturated carbocycles. The Labute approximate surface area is 134 Å². The van der Waals surface area contributed by atoms with E-state index in [4.69, 9.17) is 16.0 Å². The van der Waals surface area contributed by atoms with Crippen LogP contribution in [-0.2, 0) is 13.0 Å². The maximum absolute atomic E-state index is 6.27. The van der Waals surface area contributed by atoms with Gasteiger partial charge >= 0.3 is 0 Å². The SMILES string of the molecule is CCc1nnc(CN[C@@H](C)c2ccc(Cl)c3ccccc23)o1. The van der Waals surface area contributed by atoms with Gasteiger partial charge in [0.15, 0.2) is 0 Å². The van der Waals surface area contributed by atoms with E-state index in [0.717, 1.165) is 22.2 Å². The van der Waals surface area contributed by atoms with Gasteiger partial charge in [0, 0.05) is 22.9 Å². The van der Waals surface area contributed by atoms with Crippen LogP contribution in [0.5, 0.6) is 0 Å². The molecule has 5 heteroatoms. The number of aromatic nitrogens is 2. The minimum Gasteiger partial charge on any atom is -0.424 e. The highest BCUT2D eigenvalue weighted by molar-refractivity contribution is 6.35. The average Bonchev–Trinajstić information content (AvgIpc) is 3.01. The number of nitrogens with zero attached hydrogens (tertiary/aromatic N) is 2. The van der Waals surface area contributed by atoms with Gasteiger partial charge in [-0.1, -0.05) is 48.9 Å². The molecule has 0 unspecified atom stereocenters. The fourth-order valence-corrected chi connectivity index (χ4v) is 2.74. The van der Waals surface area contributed by atoms with Crippen molar-refractivity contribution in [2.75, 3.05) is 0 Å². The van der Waals surface area contributed by atoms with Crippen molar-refractivity contribution in [1.29, 1.82) is 0 Å². The van der Waals surface area contributed by atoms with Crippen LogP contribution in [-0.4, -0.2) is 10.2 Å². The first kappa shape index (κ1) is 15.0. The van der Waals surface area contributed by atoms with E-state index in [9.17, 15) is 0 Å². The third-order valence-electron chi connectivity index (χ3n) is 3.74. The smallest absolute Gasteiger partial charge is 0.230 e. The Bertz CT molecular complexity index is 784. The Morgan fingerprint density at radius 2 is 1.82 bits per heavy atom. The van der Waals surface area contributed by atoms with Crippen LogP contribution < -0.4 is 5.32 Å². The van der Waals surface area contributed by atoms with Crippen LogP contribution in [0.3, 0.4) is 0 Å². The lowest BCUT2D eigenvalue weighted by Gasteiger charge is -2.16. The molecular weight excluding hydrogens is 298 g/mol. The molecule has 0 saturated heterocycles. The maximum atomic E-state index is 6.27. The number of hydrogen-bond acceptors (Lipinski definition) is 4. The number of fused-ring (bicyclic) bond motifs is 1. The van der Waals surface area contributed by atoms with Crippen LogP contribution in [0.2, 0.25) is 5.02 Å². The molecule has 0 radical (unpaired) electrons. The van der Waals surface area contributed by atoms with Crippen molar-refractivity contribution >= 4 is 22.4 Å². The standard InChI is InChI=1S/C17H18ClN3O/c1-3-16-20-21-17(22-16)10-19-11(2)12-8-9-15(18)14-7-5-4-6-13(12)14/h4-9,11,19H,3,10H2,1-2H3/t11-/m0/s1. The molecular formula is C17H18ClN3O. The van der Waals surface area contributed by atoms with E-state index in [1.54, 1.807) is 0 Å². The van der Waals surface area contributed by atoms with Crippen LogP contribution in [0.25, 0.3) is 10.8 Å². The molecule has 2 aromatic carbocycles. The number of aryl methyl sites for hydroxylation is 1. The molecule has 0 fully saturated rings. The Kier molecular flexibility index (Phi) is 4.41. The van der Waals surface area contributed by atoms with E-state index in [-0.39, 0.29) is 6.04 Å². The molecule has 1 N–H and O–H groups in total. The van der Waals surface area contributed by atoms with Crippen LogP contribution in [0, 0.1) is 0 Å². The van der Waals surface area contributed by atoms with E-state index >= 15 is 0 Å². The summed E-state index contributed by atoms with van der Waals surface area (Å²) in [6.07, 6.45) is 0.754. The van der Waals surface area contributed by atoms with Gasteiger partial charge in [-0.25, -0.2) is 0 Å². The molecule has 0 aliphatic rings. The minimum atomic E-state index is 0.152. The molecule has 1 atom stereocenters. The van der Waals surface area contributed by atoms with Gasteiger partial charge in [-0.15, -0.1) is 10.2 Å². The van der Waals surface area contributed by atoms with Crippen molar-refractivity contribution in [1.82, 2.24) is 15.5 Å². The highest BCUT2D eigenvalue weighted by Gasteiger charge is 2.12. The number of nitrogens with one attached hydrogen (secondary N) is 1. The molecule has 0 bridgehead atoms. The quantitative estimate of drug-likeness (QED) is 0.763. The first-order valence-corrected chi connectivity index (χ1v) is 7.78. The predicted octanol–water partition coefficient (Wildman–Crippen LogP) is 4.29. The molecule has 114 valence electrons. The average molecular weight is 316 g/mol. The fourth-order valence-electron chi connectivity index (χ4n) is 2.52. The predicted molar refractivity (Wildman–Crippen MR) is 87.9 cm³/mol. The van der Waals surface area contributed by atoms with Gasteiger partial charge in [0.25, 0.3) is 0 Å². The number of rotatable bonds is 5. The zero-order valence-corrected chi connectivity index (χ0v) is 13.4. The summed E-state index contributed by atoms with van der Waals surface area (Å²) in [6, 6.07) is 12.3. The van der Waals surface area contributed by atoms with E-state index in [2.05, 4.69) is 34.6 Å². The second-order valence-corrected chi connectivity index (χ2v) is 5.64. The Hall–Kier alpha value is -1.91. The van der Waals surface area contributed by atoms with Crippen molar-refractivity contribution in [3.05, 3.63) is 58.8 Å². The summed E-state index contributed by atoms with van der Waals surface area (Å²) in [4.78, 5) is 0. The van der Waals surface area contributed by atoms with Crippen molar-refractivity contribution in [2.24, 2.45) is 0 Å². The van der Waals surface area contributed by atoms with Gasteiger partial charge in [-0.2, -0.15) is 0 Å². The van der Waals surface area contributed by atoms with Crippen LogP contribution in [0.4, 0.5) is 0 Å². The fraction of sp³-hybridized carbons (Fsp3) is 0.294. The number of hydrogen-bond donors (Lipinski definition) is 1.